The number of aryl methyl sites for hydroxylation is 1. The highest BCUT2D eigenvalue weighted by molar-refractivity contribution is 5.74. The van der Waals surface area contributed by atoms with Crippen molar-refractivity contribution in [3.8, 4) is 5.69 Å². The molecule has 0 saturated carbocycles. The minimum Gasteiger partial charge on any atom is -0.381 e. The molecule has 7 heteroatoms. The molecule has 3 rings (SSSR count). The van der Waals surface area contributed by atoms with Crippen LogP contribution in [0.4, 0.5) is 9.18 Å². The summed E-state index contributed by atoms with van der Waals surface area (Å²) >= 11 is 0. The molecule has 2 aromatic rings. The van der Waals surface area contributed by atoms with Crippen LogP contribution in [-0.4, -0.2) is 47.0 Å². The normalized spacial score (nSPS) is 15.1. The van der Waals surface area contributed by atoms with Crippen molar-refractivity contribution in [1.82, 2.24) is 20.0 Å². The van der Waals surface area contributed by atoms with E-state index in [9.17, 15) is 9.18 Å². The number of hydrogen-bond donors (Lipinski definition) is 1. The number of benzene rings is 1. The van der Waals surface area contributed by atoms with E-state index in [4.69, 9.17) is 4.74 Å². The summed E-state index contributed by atoms with van der Waals surface area (Å²) in [7, 11) is 1.83. The summed E-state index contributed by atoms with van der Waals surface area (Å²) in [6.07, 6.45) is 1.73. The predicted molar refractivity (Wildman–Crippen MR) is 96.8 cm³/mol. The SMILES string of the molecule is Cc1nn(-c2ccc(F)cc2)c(C)c1CNC(=O)N(C)C1CCOCC1. The maximum Gasteiger partial charge on any atom is 0.317 e. The van der Waals surface area contributed by atoms with Crippen molar-refractivity contribution >= 4 is 6.03 Å². The molecule has 2 amide bonds. The molecule has 1 N–H and O–H groups in total. The Hall–Kier alpha value is -2.41. The third-order valence-corrected chi connectivity index (χ3v) is 4.99. The van der Waals surface area contributed by atoms with E-state index in [1.807, 2.05) is 20.9 Å². The first-order chi connectivity index (χ1) is 12.5. The minimum absolute atomic E-state index is 0.0924. The van der Waals surface area contributed by atoms with Crippen molar-refractivity contribution in [1.29, 1.82) is 0 Å². The second kappa shape index (κ2) is 7.86. The lowest BCUT2D eigenvalue weighted by atomic mass is 10.1. The summed E-state index contributed by atoms with van der Waals surface area (Å²) in [5.41, 5.74) is 3.55. The zero-order valence-electron chi connectivity index (χ0n) is 15.5. The van der Waals surface area contributed by atoms with Gasteiger partial charge < -0.3 is 15.0 Å². The van der Waals surface area contributed by atoms with Crippen LogP contribution in [0.5, 0.6) is 0 Å². The molecular weight excluding hydrogens is 335 g/mol. The molecule has 140 valence electrons. The van der Waals surface area contributed by atoms with Crippen LogP contribution in [0.2, 0.25) is 0 Å². The Balaban J connectivity index is 1.68. The van der Waals surface area contributed by atoms with E-state index in [2.05, 4.69) is 10.4 Å². The number of rotatable bonds is 4. The first-order valence-corrected chi connectivity index (χ1v) is 8.87. The van der Waals surface area contributed by atoms with Crippen LogP contribution in [0, 0.1) is 19.7 Å². The molecule has 1 saturated heterocycles. The van der Waals surface area contributed by atoms with E-state index in [0.29, 0.717) is 19.8 Å². The fourth-order valence-corrected chi connectivity index (χ4v) is 3.29. The third kappa shape index (κ3) is 3.88. The van der Waals surface area contributed by atoms with Gasteiger partial charge in [0.1, 0.15) is 5.82 Å². The highest BCUT2D eigenvalue weighted by atomic mass is 19.1. The maximum absolute atomic E-state index is 13.1. The van der Waals surface area contributed by atoms with Crippen LogP contribution in [0.25, 0.3) is 5.69 Å². The van der Waals surface area contributed by atoms with Crippen LogP contribution in [0.3, 0.4) is 0 Å². The van der Waals surface area contributed by atoms with Crippen LogP contribution in [0.1, 0.15) is 29.8 Å². The molecule has 6 nitrogen and oxygen atoms in total. The molecular formula is C19H25FN4O2. The highest BCUT2D eigenvalue weighted by Crippen LogP contribution is 2.19. The molecule has 1 aliphatic heterocycles. The van der Waals surface area contributed by atoms with Gasteiger partial charge in [-0.05, 0) is 51.0 Å². The largest absolute Gasteiger partial charge is 0.381 e. The van der Waals surface area contributed by atoms with Gasteiger partial charge in [0.2, 0.25) is 0 Å². The molecule has 0 unspecified atom stereocenters. The van der Waals surface area contributed by atoms with Gasteiger partial charge in [-0.25, -0.2) is 13.9 Å². The maximum atomic E-state index is 13.1. The Bertz CT molecular complexity index is 767. The van der Waals surface area contributed by atoms with Gasteiger partial charge in [-0.2, -0.15) is 5.10 Å². The van der Waals surface area contributed by atoms with Crippen molar-refractivity contribution in [2.75, 3.05) is 20.3 Å². The molecule has 1 fully saturated rings. The summed E-state index contributed by atoms with van der Waals surface area (Å²) in [5.74, 6) is -0.279. The first kappa shape index (κ1) is 18.4. The van der Waals surface area contributed by atoms with Gasteiger partial charge in [-0.3, -0.25) is 0 Å². The highest BCUT2D eigenvalue weighted by Gasteiger charge is 2.23. The van der Waals surface area contributed by atoms with Gasteiger partial charge in [0, 0.05) is 44.1 Å². The predicted octanol–water partition coefficient (Wildman–Crippen LogP) is 2.95. The molecule has 1 aromatic heterocycles. The Morgan fingerprint density at radius 3 is 2.62 bits per heavy atom. The fourth-order valence-electron chi connectivity index (χ4n) is 3.29. The second-order valence-electron chi connectivity index (χ2n) is 6.65. The number of amides is 2. The lowest BCUT2D eigenvalue weighted by Gasteiger charge is -2.31. The number of ether oxygens (including phenoxy) is 1. The molecule has 0 atom stereocenters. The van der Waals surface area contributed by atoms with E-state index in [1.165, 1.54) is 12.1 Å². The average Bonchev–Trinajstić information content (AvgIpc) is 2.94. The number of carbonyl (C=O) groups excluding carboxylic acids is 1. The minimum atomic E-state index is -0.279. The summed E-state index contributed by atoms with van der Waals surface area (Å²) in [5, 5.41) is 7.52. The lowest BCUT2D eigenvalue weighted by Crippen LogP contribution is -2.45. The van der Waals surface area contributed by atoms with Gasteiger partial charge in [0.05, 0.1) is 11.4 Å². The quantitative estimate of drug-likeness (QED) is 0.912. The van der Waals surface area contributed by atoms with E-state index < -0.39 is 0 Å². The van der Waals surface area contributed by atoms with Crippen LogP contribution < -0.4 is 5.32 Å². The summed E-state index contributed by atoms with van der Waals surface area (Å²) in [4.78, 5) is 14.2. The third-order valence-electron chi connectivity index (χ3n) is 4.99. The molecule has 2 heterocycles. The first-order valence-electron chi connectivity index (χ1n) is 8.87. The summed E-state index contributed by atoms with van der Waals surface area (Å²) in [6, 6.07) is 6.33. The number of hydrogen-bond acceptors (Lipinski definition) is 3. The molecule has 1 aliphatic rings. The monoisotopic (exact) mass is 360 g/mol. The van der Waals surface area contributed by atoms with Gasteiger partial charge in [0.15, 0.2) is 0 Å². The van der Waals surface area contributed by atoms with E-state index in [0.717, 1.165) is 35.5 Å². The van der Waals surface area contributed by atoms with Crippen LogP contribution in [0.15, 0.2) is 24.3 Å². The molecule has 0 bridgehead atoms. The molecule has 26 heavy (non-hydrogen) atoms. The average molecular weight is 360 g/mol. The Morgan fingerprint density at radius 2 is 1.96 bits per heavy atom. The number of urea groups is 1. The van der Waals surface area contributed by atoms with Crippen molar-refractivity contribution in [2.24, 2.45) is 0 Å². The molecule has 0 aliphatic carbocycles. The topological polar surface area (TPSA) is 59.4 Å². The van der Waals surface area contributed by atoms with Gasteiger partial charge >= 0.3 is 6.03 Å². The Kier molecular flexibility index (Phi) is 5.56. The van der Waals surface area contributed by atoms with Crippen LogP contribution >= 0.6 is 0 Å². The Labute approximate surface area is 152 Å². The van der Waals surface area contributed by atoms with Crippen molar-refractivity contribution < 1.29 is 13.9 Å². The number of aromatic nitrogens is 2. The Morgan fingerprint density at radius 1 is 1.31 bits per heavy atom. The van der Waals surface area contributed by atoms with Crippen molar-refractivity contribution in [3.05, 3.63) is 47.0 Å². The summed E-state index contributed by atoms with van der Waals surface area (Å²) < 4.78 is 20.3. The van der Waals surface area contributed by atoms with Crippen molar-refractivity contribution in [3.63, 3.8) is 0 Å². The van der Waals surface area contributed by atoms with E-state index in [-0.39, 0.29) is 17.9 Å². The van der Waals surface area contributed by atoms with Crippen LogP contribution in [-0.2, 0) is 11.3 Å². The number of nitrogens with zero attached hydrogens (tertiary/aromatic N) is 3. The van der Waals surface area contributed by atoms with Gasteiger partial charge in [0.25, 0.3) is 0 Å². The van der Waals surface area contributed by atoms with E-state index in [1.54, 1.807) is 21.7 Å². The fraction of sp³-hybridized carbons (Fsp3) is 0.474. The lowest BCUT2D eigenvalue weighted by molar-refractivity contribution is 0.0525. The van der Waals surface area contributed by atoms with Gasteiger partial charge in [-0.1, -0.05) is 0 Å². The second-order valence-corrected chi connectivity index (χ2v) is 6.65. The number of carbonyl (C=O) groups is 1. The zero-order chi connectivity index (χ0) is 18.7. The summed E-state index contributed by atoms with van der Waals surface area (Å²) in [6.45, 7) is 5.67. The van der Waals surface area contributed by atoms with Gasteiger partial charge in [-0.15, -0.1) is 0 Å². The standard InChI is InChI=1S/C19H25FN4O2/c1-13-18(12-21-19(25)23(3)16-8-10-26-11-9-16)14(2)24(22-13)17-6-4-15(20)5-7-17/h4-7,16H,8-12H2,1-3H3,(H,21,25). The van der Waals surface area contributed by atoms with E-state index >= 15 is 0 Å². The molecule has 1 aromatic carbocycles. The smallest absolute Gasteiger partial charge is 0.317 e. The molecule has 0 spiro atoms. The number of halogens is 1. The number of nitrogens with one attached hydrogen (secondary N) is 1. The zero-order valence-corrected chi connectivity index (χ0v) is 15.5. The van der Waals surface area contributed by atoms with Crippen molar-refractivity contribution in [2.45, 2.75) is 39.3 Å². The molecule has 0 radical (unpaired) electrons.